The van der Waals surface area contributed by atoms with Gasteiger partial charge in [-0.3, -0.25) is 0 Å². The van der Waals surface area contributed by atoms with Gasteiger partial charge in [0.1, 0.15) is 12.4 Å². The van der Waals surface area contributed by atoms with E-state index in [1.165, 1.54) is 0 Å². The standard InChI is InChI=1S/C23H13BrClI2NO3/c24-16-6-4-15(5-7-16)22-28-20(23(29)31-22)11-14-9-18(26)21(19(27)10-14)30-12-13-2-1-3-17(25)8-13/h1-11H,12H2/b20-11-. The number of ether oxygens (including phenoxy) is 2. The number of carbonyl (C=O) groups is 1. The van der Waals surface area contributed by atoms with E-state index in [1.54, 1.807) is 6.08 Å². The third-order valence-corrected chi connectivity index (χ3v) is 6.67. The normalized spacial score (nSPS) is 14.5. The van der Waals surface area contributed by atoms with E-state index in [-0.39, 0.29) is 5.70 Å². The van der Waals surface area contributed by atoms with E-state index in [2.05, 4.69) is 66.1 Å². The smallest absolute Gasteiger partial charge is 0.363 e. The minimum atomic E-state index is -0.468. The summed E-state index contributed by atoms with van der Waals surface area (Å²) < 4.78 is 14.2. The van der Waals surface area contributed by atoms with Crippen molar-refractivity contribution in [2.45, 2.75) is 6.61 Å². The summed E-state index contributed by atoms with van der Waals surface area (Å²) in [4.78, 5) is 16.7. The van der Waals surface area contributed by atoms with Crippen LogP contribution in [0.4, 0.5) is 0 Å². The lowest BCUT2D eigenvalue weighted by atomic mass is 10.2. The number of cyclic esters (lactones) is 1. The molecule has 3 aromatic rings. The average molecular weight is 721 g/mol. The lowest BCUT2D eigenvalue weighted by molar-refractivity contribution is -0.129. The third-order valence-electron chi connectivity index (χ3n) is 4.31. The summed E-state index contributed by atoms with van der Waals surface area (Å²) in [5.41, 5.74) is 2.84. The first-order chi connectivity index (χ1) is 14.9. The molecule has 3 aromatic carbocycles. The highest BCUT2D eigenvalue weighted by atomic mass is 127. The van der Waals surface area contributed by atoms with Gasteiger partial charge in [-0.25, -0.2) is 9.79 Å². The van der Waals surface area contributed by atoms with E-state index < -0.39 is 5.97 Å². The summed E-state index contributed by atoms with van der Waals surface area (Å²) in [7, 11) is 0. The Hall–Kier alpha value is -1.43. The molecular weight excluding hydrogens is 707 g/mol. The zero-order valence-electron chi connectivity index (χ0n) is 15.7. The highest BCUT2D eigenvalue weighted by Gasteiger charge is 2.24. The minimum absolute atomic E-state index is 0.261. The number of hydrogen-bond donors (Lipinski definition) is 0. The Balaban J connectivity index is 1.55. The van der Waals surface area contributed by atoms with Gasteiger partial charge in [-0.1, -0.05) is 39.7 Å². The fraction of sp³-hybridized carbons (Fsp3) is 0.0435. The maximum atomic E-state index is 12.3. The molecule has 0 unspecified atom stereocenters. The van der Waals surface area contributed by atoms with Gasteiger partial charge < -0.3 is 9.47 Å². The van der Waals surface area contributed by atoms with Crippen LogP contribution in [-0.2, 0) is 16.1 Å². The molecule has 4 rings (SSSR count). The van der Waals surface area contributed by atoms with Crippen molar-refractivity contribution >= 4 is 90.7 Å². The zero-order valence-corrected chi connectivity index (χ0v) is 22.4. The molecule has 0 saturated carbocycles. The number of benzene rings is 3. The van der Waals surface area contributed by atoms with Gasteiger partial charge in [-0.15, -0.1) is 0 Å². The van der Waals surface area contributed by atoms with Crippen molar-refractivity contribution in [3.8, 4) is 5.75 Å². The monoisotopic (exact) mass is 719 g/mol. The van der Waals surface area contributed by atoms with Gasteiger partial charge in [0.2, 0.25) is 5.90 Å². The molecule has 0 atom stereocenters. The average Bonchev–Trinajstić information content (AvgIpc) is 3.08. The van der Waals surface area contributed by atoms with Crippen molar-refractivity contribution in [1.82, 2.24) is 0 Å². The van der Waals surface area contributed by atoms with Gasteiger partial charge in [-0.05, 0) is 111 Å². The first kappa shape index (κ1) is 22.8. The van der Waals surface area contributed by atoms with Crippen molar-refractivity contribution in [3.63, 3.8) is 0 Å². The molecule has 1 aliphatic heterocycles. The second-order valence-corrected chi connectivity index (χ2v) is 10.3. The number of hydrogen-bond acceptors (Lipinski definition) is 4. The number of aliphatic imine (C=N–C) groups is 1. The van der Waals surface area contributed by atoms with E-state index in [0.29, 0.717) is 17.5 Å². The van der Waals surface area contributed by atoms with Gasteiger partial charge in [0.15, 0.2) is 5.70 Å². The summed E-state index contributed by atoms with van der Waals surface area (Å²) in [5.74, 6) is 0.621. The molecule has 1 heterocycles. The topological polar surface area (TPSA) is 47.9 Å². The lowest BCUT2D eigenvalue weighted by Gasteiger charge is -2.12. The van der Waals surface area contributed by atoms with Crippen LogP contribution in [0.25, 0.3) is 6.08 Å². The molecule has 0 radical (unpaired) electrons. The SMILES string of the molecule is O=C1OC(c2ccc(Br)cc2)=N/C1=C\c1cc(I)c(OCc2cccc(Cl)c2)c(I)c1. The number of nitrogens with zero attached hydrogens (tertiary/aromatic N) is 1. The molecule has 0 N–H and O–H groups in total. The van der Waals surface area contributed by atoms with E-state index in [4.69, 9.17) is 21.1 Å². The van der Waals surface area contributed by atoms with Crippen molar-refractivity contribution in [2.75, 3.05) is 0 Å². The van der Waals surface area contributed by atoms with Crippen molar-refractivity contribution in [3.05, 3.63) is 99.7 Å². The van der Waals surface area contributed by atoms with Crippen LogP contribution in [-0.4, -0.2) is 11.9 Å². The van der Waals surface area contributed by atoms with Crippen LogP contribution in [0.1, 0.15) is 16.7 Å². The van der Waals surface area contributed by atoms with E-state index in [9.17, 15) is 4.79 Å². The van der Waals surface area contributed by atoms with Crippen LogP contribution in [0.3, 0.4) is 0 Å². The summed E-state index contributed by atoms with van der Waals surface area (Å²) in [6.45, 7) is 0.417. The summed E-state index contributed by atoms with van der Waals surface area (Å²) >= 11 is 13.9. The molecule has 0 aromatic heterocycles. The molecule has 0 saturated heterocycles. The maximum Gasteiger partial charge on any atom is 0.363 e. The Labute approximate surface area is 220 Å². The number of rotatable bonds is 5. The quantitative estimate of drug-likeness (QED) is 0.159. The first-order valence-electron chi connectivity index (χ1n) is 9.04. The van der Waals surface area contributed by atoms with Crippen LogP contribution in [0.5, 0.6) is 5.75 Å². The van der Waals surface area contributed by atoms with Crippen LogP contribution < -0.4 is 4.74 Å². The molecule has 1 aliphatic rings. The number of carbonyl (C=O) groups excluding carboxylic acids is 1. The van der Waals surface area contributed by atoms with Gasteiger partial charge in [0.05, 0.1) is 7.14 Å². The molecule has 0 fully saturated rings. The third kappa shape index (κ3) is 5.68. The van der Waals surface area contributed by atoms with Gasteiger partial charge in [0, 0.05) is 15.1 Å². The Morgan fingerprint density at radius 1 is 1.06 bits per heavy atom. The Bertz CT molecular complexity index is 1200. The Morgan fingerprint density at radius 2 is 1.77 bits per heavy atom. The van der Waals surface area contributed by atoms with Crippen LogP contribution in [0.2, 0.25) is 5.02 Å². The molecule has 0 amide bonds. The molecule has 4 nitrogen and oxygen atoms in total. The summed E-state index contributed by atoms with van der Waals surface area (Å²) in [6, 6.07) is 18.9. The van der Waals surface area contributed by atoms with E-state index >= 15 is 0 Å². The molecule has 156 valence electrons. The summed E-state index contributed by atoms with van der Waals surface area (Å²) in [6.07, 6.45) is 1.72. The number of esters is 1. The molecular formula is C23H13BrClI2NO3. The van der Waals surface area contributed by atoms with Gasteiger partial charge >= 0.3 is 5.97 Å². The Kier molecular flexibility index (Phi) is 7.35. The largest absolute Gasteiger partial charge is 0.487 e. The van der Waals surface area contributed by atoms with Crippen LogP contribution >= 0.6 is 72.7 Å². The van der Waals surface area contributed by atoms with Crippen LogP contribution in [0.15, 0.2) is 75.8 Å². The molecule has 0 aliphatic carbocycles. The van der Waals surface area contributed by atoms with E-state index in [1.807, 2.05) is 60.7 Å². The van der Waals surface area contributed by atoms with Crippen molar-refractivity contribution in [1.29, 1.82) is 0 Å². The van der Waals surface area contributed by atoms with Crippen molar-refractivity contribution in [2.24, 2.45) is 4.99 Å². The predicted molar refractivity (Wildman–Crippen MR) is 142 cm³/mol. The van der Waals surface area contributed by atoms with Crippen LogP contribution in [0, 0.1) is 7.14 Å². The summed E-state index contributed by atoms with van der Waals surface area (Å²) in [5, 5.41) is 0.680. The second-order valence-electron chi connectivity index (χ2n) is 6.58. The molecule has 31 heavy (non-hydrogen) atoms. The first-order valence-corrected chi connectivity index (χ1v) is 12.4. The molecule has 8 heteroatoms. The maximum absolute atomic E-state index is 12.3. The fourth-order valence-electron chi connectivity index (χ4n) is 2.87. The molecule has 0 spiro atoms. The number of halogens is 4. The zero-order chi connectivity index (χ0) is 22.0. The minimum Gasteiger partial charge on any atom is -0.487 e. The predicted octanol–water partition coefficient (Wildman–Crippen LogP) is 7.24. The lowest BCUT2D eigenvalue weighted by Crippen LogP contribution is -2.05. The highest BCUT2D eigenvalue weighted by Crippen LogP contribution is 2.31. The van der Waals surface area contributed by atoms with Gasteiger partial charge in [-0.2, -0.15) is 0 Å². The highest BCUT2D eigenvalue weighted by molar-refractivity contribution is 14.1. The van der Waals surface area contributed by atoms with Crippen molar-refractivity contribution < 1.29 is 14.3 Å². The second kappa shape index (κ2) is 10.0. The fourth-order valence-corrected chi connectivity index (χ4v) is 5.47. The van der Waals surface area contributed by atoms with Gasteiger partial charge in [0.25, 0.3) is 0 Å². The molecule has 0 bridgehead atoms. The van der Waals surface area contributed by atoms with E-state index in [0.717, 1.165) is 34.1 Å². The Morgan fingerprint density at radius 3 is 2.45 bits per heavy atom.